The van der Waals surface area contributed by atoms with E-state index < -0.39 is 0 Å². The second-order valence-corrected chi connectivity index (χ2v) is 3.36. The number of carbonyl (C=O) groups is 2. The molecule has 2 amide bonds. The Labute approximate surface area is 76.6 Å². The van der Waals surface area contributed by atoms with Crippen LogP contribution in [0.15, 0.2) is 12.2 Å². The van der Waals surface area contributed by atoms with E-state index in [9.17, 15) is 9.59 Å². The molecule has 70 valence electrons. The topological polar surface area (TPSA) is 49.4 Å². The Morgan fingerprint density at radius 2 is 1.69 bits per heavy atom. The monoisotopic (exact) mass is 180 g/mol. The van der Waals surface area contributed by atoms with Crippen molar-refractivity contribution in [2.24, 2.45) is 0 Å². The summed E-state index contributed by atoms with van der Waals surface area (Å²) in [5, 5.41) is 3.20. The van der Waals surface area contributed by atoms with Crippen LogP contribution in [0.25, 0.3) is 0 Å². The van der Waals surface area contributed by atoms with E-state index in [-0.39, 0.29) is 17.9 Å². The first-order valence-corrected chi connectivity index (χ1v) is 4.55. The third-order valence-corrected chi connectivity index (χ3v) is 2.52. The van der Waals surface area contributed by atoms with Gasteiger partial charge in [-0.05, 0) is 25.9 Å². The van der Waals surface area contributed by atoms with Crippen molar-refractivity contribution in [3.63, 3.8) is 0 Å². The van der Waals surface area contributed by atoms with Crippen molar-refractivity contribution in [3.8, 4) is 0 Å². The van der Waals surface area contributed by atoms with E-state index in [0.717, 1.165) is 25.9 Å². The molecule has 13 heavy (non-hydrogen) atoms. The predicted octanol–water partition coefficient (Wildman–Crippen LogP) is -0.337. The molecule has 2 aliphatic heterocycles. The maximum Gasteiger partial charge on any atom is 0.253 e. The molecule has 0 aromatic heterocycles. The minimum atomic E-state index is -0.156. The molecule has 0 aliphatic carbocycles. The molecule has 0 atom stereocenters. The van der Waals surface area contributed by atoms with Crippen molar-refractivity contribution in [1.82, 2.24) is 10.2 Å². The molecular weight excluding hydrogens is 168 g/mol. The van der Waals surface area contributed by atoms with Crippen LogP contribution in [0.2, 0.25) is 0 Å². The molecule has 2 rings (SSSR count). The molecule has 2 heterocycles. The number of amides is 2. The van der Waals surface area contributed by atoms with Gasteiger partial charge in [-0.25, -0.2) is 0 Å². The van der Waals surface area contributed by atoms with Crippen LogP contribution < -0.4 is 5.32 Å². The number of imide groups is 1. The van der Waals surface area contributed by atoms with Gasteiger partial charge in [-0.1, -0.05) is 0 Å². The minimum absolute atomic E-state index is 0.108. The lowest BCUT2D eigenvalue weighted by molar-refractivity contribution is -0.140. The number of hydrogen-bond acceptors (Lipinski definition) is 3. The number of nitrogens with zero attached hydrogens (tertiary/aromatic N) is 1. The average Bonchev–Trinajstić information content (AvgIpc) is 2.48. The summed E-state index contributed by atoms with van der Waals surface area (Å²) in [5.41, 5.74) is 0. The summed E-state index contributed by atoms with van der Waals surface area (Å²) in [7, 11) is 0. The normalized spacial score (nSPS) is 24.5. The second kappa shape index (κ2) is 3.30. The Morgan fingerprint density at radius 3 is 2.23 bits per heavy atom. The van der Waals surface area contributed by atoms with Crippen LogP contribution in [0.3, 0.4) is 0 Å². The van der Waals surface area contributed by atoms with Gasteiger partial charge in [0.1, 0.15) is 0 Å². The van der Waals surface area contributed by atoms with Crippen molar-refractivity contribution in [3.05, 3.63) is 12.2 Å². The summed E-state index contributed by atoms with van der Waals surface area (Å²) >= 11 is 0. The molecule has 0 radical (unpaired) electrons. The van der Waals surface area contributed by atoms with Gasteiger partial charge in [0.15, 0.2) is 0 Å². The highest BCUT2D eigenvalue weighted by Crippen LogP contribution is 2.16. The standard InChI is InChI=1S/C9H12N2O2/c12-8-1-2-9(13)11(8)7-3-5-10-6-4-7/h1-2,7,10H,3-6H2. The molecule has 2 aliphatic rings. The molecule has 0 bridgehead atoms. The first-order chi connectivity index (χ1) is 6.29. The Balaban J connectivity index is 2.07. The van der Waals surface area contributed by atoms with E-state index in [1.54, 1.807) is 0 Å². The van der Waals surface area contributed by atoms with Crippen molar-refractivity contribution < 1.29 is 9.59 Å². The highest BCUT2D eigenvalue weighted by Gasteiger charge is 2.31. The molecular formula is C9H12N2O2. The molecule has 0 aromatic carbocycles. The maximum absolute atomic E-state index is 11.3. The van der Waals surface area contributed by atoms with Crippen molar-refractivity contribution in [1.29, 1.82) is 0 Å². The lowest BCUT2D eigenvalue weighted by Gasteiger charge is -2.29. The fourth-order valence-corrected chi connectivity index (χ4v) is 1.84. The lowest BCUT2D eigenvalue weighted by atomic mass is 10.1. The van der Waals surface area contributed by atoms with Crippen LogP contribution in [-0.4, -0.2) is 35.8 Å². The smallest absolute Gasteiger partial charge is 0.253 e. The van der Waals surface area contributed by atoms with Gasteiger partial charge in [0.05, 0.1) is 0 Å². The molecule has 1 fully saturated rings. The Bertz CT molecular complexity index is 249. The van der Waals surface area contributed by atoms with Gasteiger partial charge >= 0.3 is 0 Å². The van der Waals surface area contributed by atoms with Crippen molar-refractivity contribution >= 4 is 11.8 Å². The summed E-state index contributed by atoms with van der Waals surface area (Å²) in [6.45, 7) is 1.78. The first kappa shape index (κ1) is 8.44. The van der Waals surface area contributed by atoms with Crippen LogP contribution in [0.5, 0.6) is 0 Å². The van der Waals surface area contributed by atoms with E-state index in [1.165, 1.54) is 17.1 Å². The quantitative estimate of drug-likeness (QED) is 0.562. The van der Waals surface area contributed by atoms with Gasteiger partial charge in [-0.3, -0.25) is 14.5 Å². The van der Waals surface area contributed by atoms with Gasteiger partial charge in [0.2, 0.25) is 0 Å². The first-order valence-electron chi connectivity index (χ1n) is 4.55. The number of rotatable bonds is 1. The average molecular weight is 180 g/mol. The fourth-order valence-electron chi connectivity index (χ4n) is 1.84. The lowest BCUT2D eigenvalue weighted by Crippen LogP contribution is -2.45. The van der Waals surface area contributed by atoms with E-state index in [4.69, 9.17) is 0 Å². The van der Waals surface area contributed by atoms with Crippen LogP contribution in [0, 0.1) is 0 Å². The number of nitrogens with one attached hydrogen (secondary N) is 1. The zero-order valence-corrected chi connectivity index (χ0v) is 7.32. The maximum atomic E-state index is 11.3. The zero-order chi connectivity index (χ0) is 9.26. The Morgan fingerprint density at radius 1 is 1.15 bits per heavy atom. The zero-order valence-electron chi connectivity index (χ0n) is 7.32. The van der Waals surface area contributed by atoms with E-state index in [2.05, 4.69) is 5.32 Å². The Hall–Kier alpha value is -1.16. The van der Waals surface area contributed by atoms with Gasteiger partial charge in [-0.15, -0.1) is 0 Å². The fraction of sp³-hybridized carbons (Fsp3) is 0.556. The van der Waals surface area contributed by atoms with Crippen LogP contribution in [0.1, 0.15) is 12.8 Å². The third kappa shape index (κ3) is 1.49. The summed E-state index contributed by atoms with van der Waals surface area (Å²) in [4.78, 5) is 23.9. The van der Waals surface area contributed by atoms with Crippen molar-refractivity contribution in [2.45, 2.75) is 18.9 Å². The summed E-state index contributed by atoms with van der Waals surface area (Å²) in [6, 6.07) is 0.108. The summed E-state index contributed by atoms with van der Waals surface area (Å²) in [5.74, 6) is -0.311. The SMILES string of the molecule is O=C1C=CC(=O)N1C1CCNCC1. The molecule has 4 nitrogen and oxygen atoms in total. The molecule has 1 N–H and O–H groups in total. The highest BCUT2D eigenvalue weighted by atomic mass is 16.2. The third-order valence-electron chi connectivity index (χ3n) is 2.52. The minimum Gasteiger partial charge on any atom is -0.317 e. The largest absolute Gasteiger partial charge is 0.317 e. The highest BCUT2D eigenvalue weighted by molar-refractivity contribution is 6.13. The van der Waals surface area contributed by atoms with Gasteiger partial charge in [0.25, 0.3) is 11.8 Å². The molecule has 1 saturated heterocycles. The summed E-state index contributed by atoms with van der Waals surface area (Å²) in [6.07, 6.45) is 4.45. The van der Waals surface area contributed by atoms with Gasteiger partial charge in [0, 0.05) is 18.2 Å². The van der Waals surface area contributed by atoms with Gasteiger partial charge in [-0.2, -0.15) is 0 Å². The molecule has 0 saturated carbocycles. The van der Waals surface area contributed by atoms with Crippen molar-refractivity contribution in [2.75, 3.05) is 13.1 Å². The number of piperidine rings is 1. The van der Waals surface area contributed by atoms with E-state index in [1.807, 2.05) is 0 Å². The van der Waals surface area contributed by atoms with Crippen LogP contribution >= 0.6 is 0 Å². The number of carbonyl (C=O) groups excluding carboxylic acids is 2. The van der Waals surface area contributed by atoms with Crippen LogP contribution in [0.4, 0.5) is 0 Å². The molecule has 0 unspecified atom stereocenters. The molecule has 0 aromatic rings. The van der Waals surface area contributed by atoms with Crippen LogP contribution in [-0.2, 0) is 9.59 Å². The van der Waals surface area contributed by atoms with E-state index >= 15 is 0 Å². The summed E-state index contributed by atoms with van der Waals surface area (Å²) < 4.78 is 0. The Kier molecular flexibility index (Phi) is 2.14. The number of hydrogen-bond donors (Lipinski definition) is 1. The van der Waals surface area contributed by atoms with E-state index in [0.29, 0.717) is 0 Å². The molecule has 4 heteroatoms. The predicted molar refractivity (Wildman–Crippen MR) is 46.9 cm³/mol. The second-order valence-electron chi connectivity index (χ2n) is 3.36. The van der Waals surface area contributed by atoms with Gasteiger partial charge < -0.3 is 5.32 Å². The molecule has 0 spiro atoms.